The first-order valence-corrected chi connectivity index (χ1v) is 8.77. The number of amides is 1. The Labute approximate surface area is 148 Å². The third-order valence-corrected chi connectivity index (χ3v) is 4.74. The Morgan fingerprint density at radius 2 is 2.08 bits per heavy atom. The number of rotatable bonds is 5. The van der Waals surface area contributed by atoms with E-state index in [9.17, 15) is 9.90 Å². The van der Waals surface area contributed by atoms with Gasteiger partial charge in [0, 0.05) is 37.7 Å². The Morgan fingerprint density at radius 1 is 1.32 bits per heavy atom. The highest BCUT2D eigenvalue weighted by atomic mass is 16.6. The Morgan fingerprint density at radius 3 is 2.76 bits per heavy atom. The van der Waals surface area contributed by atoms with Gasteiger partial charge in [0.1, 0.15) is 6.61 Å². The number of carbonyl (C=O) groups excluding carboxylic acids is 1. The number of anilines is 1. The molecule has 25 heavy (non-hydrogen) atoms. The molecule has 2 N–H and O–H groups in total. The molecule has 2 aliphatic rings. The van der Waals surface area contributed by atoms with Crippen molar-refractivity contribution in [3.05, 3.63) is 48.3 Å². The molecule has 0 spiro atoms. The Hall–Kier alpha value is -2.34. The van der Waals surface area contributed by atoms with Crippen LogP contribution in [-0.2, 0) is 4.74 Å². The molecular formula is C19H25N3O3. The van der Waals surface area contributed by atoms with Crippen molar-refractivity contribution in [2.75, 3.05) is 31.6 Å². The molecule has 0 saturated carbocycles. The summed E-state index contributed by atoms with van der Waals surface area (Å²) in [5, 5.41) is 13.9. The first-order chi connectivity index (χ1) is 12.1. The lowest BCUT2D eigenvalue weighted by atomic mass is 9.91. The zero-order chi connectivity index (χ0) is 17.5. The Balaban J connectivity index is 1.42. The Kier molecular flexibility index (Phi) is 5.71. The number of hydrogen-bond donors (Lipinski definition) is 2. The zero-order valence-corrected chi connectivity index (χ0v) is 14.4. The van der Waals surface area contributed by atoms with E-state index in [0.29, 0.717) is 39.1 Å². The summed E-state index contributed by atoms with van der Waals surface area (Å²) in [4.78, 5) is 17.8. The van der Waals surface area contributed by atoms with Crippen molar-refractivity contribution < 1.29 is 14.6 Å². The number of nitrogens with zero attached hydrogens (tertiary/aromatic N) is 2. The summed E-state index contributed by atoms with van der Waals surface area (Å²) in [5.74, 6) is 0. The number of nitrogens with one attached hydrogen (secondary N) is 1. The van der Waals surface area contributed by atoms with E-state index in [1.54, 1.807) is 17.3 Å². The van der Waals surface area contributed by atoms with Gasteiger partial charge in [-0.1, -0.05) is 18.2 Å². The highest BCUT2D eigenvalue weighted by Crippen LogP contribution is 2.23. The predicted molar refractivity (Wildman–Crippen MR) is 96.3 cm³/mol. The van der Waals surface area contributed by atoms with Crippen LogP contribution in [0.15, 0.2) is 48.3 Å². The molecular weight excluding hydrogens is 318 g/mol. The minimum atomic E-state index is -0.809. The number of hydrogen-bond acceptors (Lipinski definition) is 5. The van der Waals surface area contributed by atoms with Crippen molar-refractivity contribution in [2.45, 2.75) is 31.3 Å². The number of allylic oxidation sites excluding steroid dienone is 3. The van der Waals surface area contributed by atoms with Crippen LogP contribution in [-0.4, -0.2) is 52.9 Å². The largest absolute Gasteiger partial charge is 0.445 e. The van der Waals surface area contributed by atoms with Crippen LogP contribution in [0.25, 0.3) is 0 Å². The van der Waals surface area contributed by atoms with E-state index in [1.807, 2.05) is 24.3 Å². The van der Waals surface area contributed by atoms with E-state index in [0.717, 1.165) is 24.1 Å². The molecule has 0 atom stereocenters. The van der Waals surface area contributed by atoms with E-state index in [2.05, 4.69) is 16.4 Å². The van der Waals surface area contributed by atoms with E-state index in [1.165, 1.54) is 0 Å². The summed E-state index contributed by atoms with van der Waals surface area (Å²) in [6.45, 7) is 1.82. The monoisotopic (exact) mass is 343 g/mol. The minimum Gasteiger partial charge on any atom is -0.445 e. The normalized spacial score (nSPS) is 19.2. The van der Waals surface area contributed by atoms with Crippen molar-refractivity contribution in [1.82, 2.24) is 9.88 Å². The summed E-state index contributed by atoms with van der Waals surface area (Å²) < 4.78 is 5.40. The zero-order valence-electron chi connectivity index (χ0n) is 14.4. The minimum absolute atomic E-state index is 0.292. The van der Waals surface area contributed by atoms with Crippen molar-refractivity contribution in [3.8, 4) is 0 Å². The highest BCUT2D eigenvalue weighted by Gasteiger charge is 2.34. The second-order valence-corrected chi connectivity index (χ2v) is 6.65. The molecule has 0 aromatic carbocycles. The molecule has 1 aromatic heterocycles. The van der Waals surface area contributed by atoms with E-state index in [4.69, 9.17) is 4.74 Å². The second kappa shape index (κ2) is 8.16. The number of ether oxygens (including phenoxy) is 1. The van der Waals surface area contributed by atoms with Gasteiger partial charge in [-0.2, -0.15) is 0 Å². The van der Waals surface area contributed by atoms with Gasteiger partial charge in [-0.05, 0) is 43.4 Å². The molecule has 0 unspecified atom stereocenters. The van der Waals surface area contributed by atoms with Gasteiger partial charge < -0.3 is 20.1 Å². The lowest BCUT2D eigenvalue weighted by Crippen LogP contribution is -2.50. The van der Waals surface area contributed by atoms with Gasteiger partial charge in [0.2, 0.25) is 0 Å². The standard InChI is InChI=1S/C19H25N3O3/c23-18(25-14-16-4-2-1-3-5-16)22-12-8-19(24,9-13-22)15-21-17-6-10-20-11-7-17/h1-2,4,6-7,10-11,24H,3,5,8-9,12-15H2,(H,20,21). The molecule has 1 aliphatic heterocycles. The molecule has 134 valence electrons. The van der Waals surface area contributed by atoms with Gasteiger partial charge >= 0.3 is 6.09 Å². The summed E-state index contributed by atoms with van der Waals surface area (Å²) in [6.07, 6.45) is 12.3. The smallest absolute Gasteiger partial charge is 0.410 e. The van der Waals surface area contributed by atoms with Crippen LogP contribution in [0.1, 0.15) is 25.7 Å². The molecule has 0 bridgehead atoms. The number of carbonyl (C=O) groups is 1. The highest BCUT2D eigenvalue weighted by molar-refractivity contribution is 5.68. The molecule has 2 heterocycles. The van der Waals surface area contributed by atoms with Gasteiger partial charge in [0.25, 0.3) is 0 Å². The SMILES string of the molecule is O=C(OCC1=CC=CCC1)N1CCC(O)(CNc2ccncc2)CC1. The second-order valence-electron chi connectivity index (χ2n) is 6.65. The molecule has 6 heteroatoms. The maximum atomic E-state index is 12.2. The fourth-order valence-electron chi connectivity index (χ4n) is 3.04. The average molecular weight is 343 g/mol. The molecule has 1 fully saturated rings. The quantitative estimate of drug-likeness (QED) is 0.860. The van der Waals surface area contributed by atoms with Crippen molar-refractivity contribution in [3.63, 3.8) is 0 Å². The summed E-state index contributed by atoms with van der Waals surface area (Å²) >= 11 is 0. The number of pyridine rings is 1. The van der Waals surface area contributed by atoms with Crippen LogP contribution in [0.2, 0.25) is 0 Å². The fraction of sp³-hybridized carbons (Fsp3) is 0.474. The van der Waals surface area contributed by atoms with Gasteiger partial charge in [0.15, 0.2) is 0 Å². The predicted octanol–water partition coefficient (Wildman–Crippen LogP) is 2.73. The van der Waals surface area contributed by atoms with Crippen molar-refractivity contribution >= 4 is 11.8 Å². The summed E-state index contributed by atoms with van der Waals surface area (Å²) in [7, 11) is 0. The molecule has 0 radical (unpaired) electrons. The Bertz CT molecular complexity index is 635. The van der Waals surface area contributed by atoms with Crippen LogP contribution in [0, 0.1) is 0 Å². The number of piperidine rings is 1. The van der Waals surface area contributed by atoms with Crippen molar-refractivity contribution in [2.24, 2.45) is 0 Å². The van der Waals surface area contributed by atoms with Crippen LogP contribution in [0.4, 0.5) is 10.5 Å². The molecule has 1 amide bonds. The third kappa shape index (κ3) is 5.06. The maximum Gasteiger partial charge on any atom is 0.410 e. The van der Waals surface area contributed by atoms with E-state index in [-0.39, 0.29) is 6.09 Å². The number of aromatic nitrogens is 1. The lowest BCUT2D eigenvalue weighted by molar-refractivity contribution is -0.00940. The number of likely N-dealkylation sites (tertiary alicyclic amines) is 1. The van der Waals surface area contributed by atoms with Gasteiger partial charge in [-0.3, -0.25) is 4.98 Å². The summed E-state index contributed by atoms with van der Waals surface area (Å²) in [5.41, 5.74) is 1.27. The van der Waals surface area contributed by atoms with Gasteiger partial charge in [0.05, 0.1) is 5.60 Å². The van der Waals surface area contributed by atoms with Gasteiger partial charge in [-0.25, -0.2) is 4.79 Å². The topological polar surface area (TPSA) is 74.7 Å². The molecule has 6 nitrogen and oxygen atoms in total. The van der Waals surface area contributed by atoms with Crippen LogP contribution < -0.4 is 5.32 Å². The molecule has 1 aliphatic carbocycles. The van der Waals surface area contributed by atoms with Crippen molar-refractivity contribution in [1.29, 1.82) is 0 Å². The molecule has 1 aromatic rings. The van der Waals surface area contributed by atoms with Crippen LogP contribution >= 0.6 is 0 Å². The molecule has 3 rings (SSSR count). The number of aliphatic hydroxyl groups is 1. The summed E-state index contributed by atoms with van der Waals surface area (Å²) in [6, 6.07) is 3.73. The van der Waals surface area contributed by atoms with Crippen LogP contribution in [0.3, 0.4) is 0 Å². The molecule has 1 saturated heterocycles. The fourth-order valence-corrected chi connectivity index (χ4v) is 3.04. The van der Waals surface area contributed by atoms with Crippen LogP contribution in [0.5, 0.6) is 0 Å². The average Bonchev–Trinajstić information content (AvgIpc) is 2.67. The van der Waals surface area contributed by atoms with E-state index < -0.39 is 5.60 Å². The first-order valence-electron chi connectivity index (χ1n) is 8.77. The lowest BCUT2D eigenvalue weighted by Gasteiger charge is -2.37. The van der Waals surface area contributed by atoms with E-state index >= 15 is 0 Å². The van der Waals surface area contributed by atoms with Gasteiger partial charge in [-0.15, -0.1) is 0 Å². The first kappa shape index (κ1) is 17.5. The maximum absolute atomic E-state index is 12.2. The third-order valence-electron chi connectivity index (χ3n) is 4.74.